The minimum atomic E-state index is -1.41. The van der Waals surface area contributed by atoms with Crippen LogP contribution in [0.15, 0.2) is 72.3 Å². The van der Waals surface area contributed by atoms with Gasteiger partial charge in [-0.3, -0.25) is 24.1 Å². The van der Waals surface area contributed by atoms with E-state index in [1.54, 1.807) is 13.0 Å². The maximum atomic E-state index is 14.4. The fourth-order valence-corrected chi connectivity index (χ4v) is 8.47. The monoisotopic (exact) mass is 662 g/mol. The number of carboxylic acid groups (broad SMARTS) is 1. The lowest BCUT2D eigenvalue weighted by molar-refractivity contribution is -0.131. The number of allylic oxidation sites excluding steroid dienone is 2. The van der Waals surface area contributed by atoms with Gasteiger partial charge in [0.1, 0.15) is 11.6 Å². The highest BCUT2D eigenvalue weighted by atomic mass is 35.5. The van der Waals surface area contributed by atoms with Crippen LogP contribution < -0.4 is 9.80 Å². The molecule has 0 radical (unpaired) electrons. The number of imide groups is 2. The van der Waals surface area contributed by atoms with Crippen LogP contribution in [0.1, 0.15) is 41.6 Å². The molecule has 3 aromatic carbocycles. The Kier molecular flexibility index (Phi) is 6.88. The fraction of sp³-hybridized carbons (Fsp3) is 0.265. The van der Waals surface area contributed by atoms with Crippen molar-refractivity contribution in [1.82, 2.24) is 0 Å². The number of aromatic carboxylic acids is 1. The number of benzene rings is 3. The highest BCUT2D eigenvalue weighted by Gasteiger charge is 2.68. The van der Waals surface area contributed by atoms with Crippen LogP contribution in [0.25, 0.3) is 0 Å². The van der Waals surface area contributed by atoms with Crippen molar-refractivity contribution in [3.63, 3.8) is 0 Å². The number of phenolic OH excluding ortho intramolecular Hbond substituents is 1. The first-order chi connectivity index (χ1) is 21.8. The Morgan fingerprint density at radius 2 is 1.63 bits per heavy atom. The molecule has 0 aromatic heterocycles. The van der Waals surface area contributed by atoms with Crippen molar-refractivity contribution in [2.45, 2.75) is 25.7 Å². The van der Waals surface area contributed by atoms with Crippen molar-refractivity contribution in [1.29, 1.82) is 0 Å². The van der Waals surface area contributed by atoms with Gasteiger partial charge in [-0.1, -0.05) is 47.0 Å². The Bertz CT molecular complexity index is 1950. The van der Waals surface area contributed by atoms with E-state index in [2.05, 4.69) is 0 Å². The lowest BCUT2D eigenvalue weighted by Gasteiger charge is -2.49. The van der Waals surface area contributed by atoms with Gasteiger partial charge in [-0.15, -0.1) is 0 Å². The summed E-state index contributed by atoms with van der Waals surface area (Å²) in [4.78, 5) is 70.3. The van der Waals surface area contributed by atoms with E-state index in [9.17, 15) is 38.6 Å². The zero-order valence-corrected chi connectivity index (χ0v) is 25.6. The van der Waals surface area contributed by atoms with Crippen LogP contribution in [-0.4, -0.2) is 39.8 Å². The first kappa shape index (κ1) is 30.1. The predicted molar refractivity (Wildman–Crippen MR) is 165 cm³/mol. The summed E-state index contributed by atoms with van der Waals surface area (Å²) in [7, 11) is 0. The Morgan fingerprint density at radius 3 is 2.33 bits per heavy atom. The number of anilines is 2. The van der Waals surface area contributed by atoms with E-state index in [1.807, 2.05) is 6.08 Å². The second-order valence-corrected chi connectivity index (χ2v) is 13.1. The molecule has 2 aliphatic carbocycles. The molecule has 6 atom stereocenters. The number of hydrogen-bond acceptors (Lipinski definition) is 6. The lowest BCUT2D eigenvalue weighted by Crippen LogP contribution is -2.49. The van der Waals surface area contributed by atoms with E-state index in [0.29, 0.717) is 11.1 Å². The number of aromatic hydroxyl groups is 1. The fourth-order valence-electron chi connectivity index (χ4n) is 8.01. The van der Waals surface area contributed by atoms with E-state index < -0.39 is 70.4 Å². The molecule has 12 heteroatoms. The molecule has 0 bridgehead atoms. The van der Waals surface area contributed by atoms with Gasteiger partial charge in [0.2, 0.25) is 23.6 Å². The van der Waals surface area contributed by atoms with E-state index in [1.165, 1.54) is 48.5 Å². The number of carbonyl (C=O) groups is 5. The summed E-state index contributed by atoms with van der Waals surface area (Å²) < 4.78 is 14.1. The molecular weight excluding hydrogens is 638 g/mol. The maximum absolute atomic E-state index is 14.4. The summed E-state index contributed by atoms with van der Waals surface area (Å²) in [5.74, 6) is -8.23. The van der Waals surface area contributed by atoms with Gasteiger partial charge in [0.05, 0.1) is 45.1 Å². The molecule has 7 rings (SSSR count). The van der Waals surface area contributed by atoms with Gasteiger partial charge in [0.25, 0.3) is 0 Å². The van der Waals surface area contributed by atoms with Crippen LogP contribution in [0.2, 0.25) is 10.0 Å². The molecule has 4 aliphatic rings. The number of fused-ring (bicyclic) bond motifs is 4. The minimum Gasteiger partial charge on any atom is -0.508 e. The second-order valence-electron chi connectivity index (χ2n) is 12.3. The van der Waals surface area contributed by atoms with Gasteiger partial charge >= 0.3 is 5.97 Å². The van der Waals surface area contributed by atoms with Crippen LogP contribution in [0.5, 0.6) is 5.75 Å². The number of nitrogens with zero attached hydrogens (tertiary/aromatic N) is 2. The zero-order valence-electron chi connectivity index (χ0n) is 24.1. The highest BCUT2D eigenvalue weighted by Crippen LogP contribution is 2.64. The molecule has 234 valence electrons. The molecule has 1 saturated carbocycles. The van der Waals surface area contributed by atoms with Crippen LogP contribution in [-0.2, 0) is 19.2 Å². The summed E-state index contributed by atoms with van der Waals surface area (Å²) in [6.07, 6.45) is 2.08. The van der Waals surface area contributed by atoms with Gasteiger partial charge in [0.15, 0.2) is 0 Å². The number of phenols is 1. The Labute approximate surface area is 271 Å². The average Bonchev–Trinajstić information content (AvgIpc) is 3.38. The van der Waals surface area contributed by atoms with Gasteiger partial charge < -0.3 is 10.2 Å². The molecule has 46 heavy (non-hydrogen) atoms. The average molecular weight is 663 g/mol. The van der Waals surface area contributed by atoms with Crippen molar-refractivity contribution in [2.75, 3.05) is 9.80 Å². The van der Waals surface area contributed by atoms with E-state index in [0.717, 1.165) is 15.9 Å². The quantitative estimate of drug-likeness (QED) is 0.260. The SMILES string of the molecule is CC12C(=O)N(c3ccc(F)c(Cl)c3)C(=O)C1CC1C(=CCC3C(=O)N(c4cccc(C(=O)O)c4)C(=O)C31)C2c1ccc(O)cc1Cl. The molecule has 0 spiro atoms. The summed E-state index contributed by atoms with van der Waals surface area (Å²) >= 11 is 12.7. The predicted octanol–water partition coefficient (Wildman–Crippen LogP) is 5.97. The van der Waals surface area contributed by atoms with E-state index >= 15 is 0 Å². The number of halogens is 3. The normalized spacial score (nSPS) is 28.6. The minimum absolute atomic E-state index is 0.0632. The number of carboxylic acids is 1. The first-order valence-electron chi connectivity index (χ1n) is 14.6. The van der Waals surface area contributed by atoms with Crippen molar-refractivity contribution < 1.29 is 38.6 Å². The number of hydrogen-bond donors (Lipinski definition) is 2. The molecule has 2 aliphatic heterocycles. The Balaban J connectivity index is 1.36. The second kappa shape index (κ2) is 10.5. The zero-order chi connectivity index (χ0) is 32.8. The van der Waals surface area contributed by atoms with Crippen LogP contribution >= 0.6 is 23.2 Å². The number of carbonyl (C=O) groups excluding carboxylic acids is 4. The largest absolute Gasteiger partial charge is 0.508 e. The summed E-state index contributed by atoms with van der Waals surface area (Å²) in [5.41, 5.74) is -0.123. The third-order valence-electron chi connectivity index (χ3n) is 10.1. The van der Waals surface area contributed by atoms with Crippen LogP contribution in [0, 0.1) is 34.9 Å². The molecule has 3 aromatic rings. The molecule has 2 saturated heterocycles. The van der Waals surface area contributed by atoms with Crippen molar-refractivity contribution in [3.05, 3.63) is 99.3 Å². The van der Waals surface area contributed by atoms with Crippen LogP contribution in [0.4, 0.5) is 15.8 Å². The van der Waals surface area contributed by atoms with Gasteiger partial charge in [-0.2, -0.15) is 0 Å². The molecule has 4 amide bonds. The van der Waals surface area contributed by atoms with Gasteiger partial charge in [-0.25, -0.2) is 14.1 Å². The number of amides is 4. The molecule has 9 nitrogen and oxygen atoms in total. The molecule has 6 unspecified atom stereocenters. The molecular formula is C34H25Cl2FN2O7. The molecule has 2 N–H and O–H groups in total. The van der Waals surface area contributed by atoms with E-state index in [4.69, 9.17) is 23.2 Å². The highest BCUT2D eigenvalue weighted by molar-refractivity contribution is 6.32. The van der Waals surface area contributed by atoms with Crippen LogP contribution in [0.3, 0.4) is 0 Å². The van der Waals surface area contributed by atoms with Crippen molar-refractivity contribution in [3.8, 4) is 5.75 Å². The number of rotatable bonds is 4. The van der Waals surface area contributed by atoms with Gasteiger partial charge in [0, 0.05) is 10.9 Å². The van der Waals surface area contributed by atoms with Gasteiger partial charge in [-0.05, 0) is 79.8 Å². The van der Waals surface area contributed by atoms with Crippen molar-refractivity contribution >= 4 is 64.2 Å². The Hall–Kier alpha value is -4.54. The topological polar surface area (TPSA) is 132 Å². The van der Waals surface area contributed by atoms with E-state index in [-0.39, 0.29) is 45.6 Å². The third kappa shape index (κ3) is 4.16. The van der Waals surface area contributed by atoms with Crippen molar-refractivity contribution in [2.24, 2.45) is 29.1 Å². The Morgan fingerprint density at radius 1 is 0.891 bits per heavy atom. The summed E-state index contributed by atoms with van der Waals surface area (Å²) in [6, 6.07) is 13.5. The molecule has 2 heterocycles. The molecule has 3 fully saturated rings. The standard InChI is InChI=1S/C34H25Cl2FN2O7/c1-34-23(30(42)39(33(34)46)17-5-10-26(37)25(36)12-17)14-22-19(28(34)20-7-6-18(40)13-24(20)35)8-9-21-27(22)31(43)38(29(21)41)16-4-2-3-15(11-16)32(44)45/h2-8,10-13,21-23,27-28,40H,9,14H2,1H3,(H,44,45). The maximum Gasteiger partial charge on any atom is 0.335 e. The first-order valence-corrected chi connectivity index (χ1v) is 15.3. The summed E-state index contributed by atoms with van der Waals surface area (Å²) in [5, 5.41) is 19.5. The smallest absolute Gasteiger partial charge is 0.335 e. The lowest BCUT2D eigenvalue weighted by atomic mass is 9.51. The summed E-state index contributed by atoms with van der Waals surface area (Å²) in [6.45, 7) is 1.67. The third-order valence-corrected chi connectivity index (χ3v) is 10.7.